The van der Waals surface area contributed by atoms with Gasteiger partial charge in [0.1, 0.15) is 0 Å². The Hall–Kier alpha value is -3.25. The molecular formula is C22H17BrN4O. The maximum atomic E-state index is 12.7. The number of aromatic nitrogens is 3. The molecule has 0 fully saturated rings. The number of halogens is 1. The topological polar surface area (TPSA) is 59.8 Å². The number of carbonyl (C=O) groups is 1. The van der Waals surface area contributed by atoms with Crippen molar-refractivity contribution >= 4 is 27.5 Å². The molecule has 1 amide bonds. The third-order valence-corrected chi connectivity index (χ3v) is 4.72. The molecule has 4 rings (SSSR count). The summed E-state index contributed by atoms with van der Waals surface area (Å²) in [6, 6.07) is 25.0. The van der Waals surface area contributed by atoms with Crippen LogP contribution in [0, 0.1) is 6.92 Å². The maximum Gasteiger partial charge on any atom is 0.295 e. The standard InChI is InChI=1S/C22H17BrN4O/c1-15-6-5-9-19(14-15)27-21(16-10-12-17(23)13-11-16)25-20(26-27)22(28)24-18-7-3-2-4-8-18/h2-14H,1H3,(H,24,28). The third-order valence-electron chi connectivity index (χ3n) is 4.19. The lowest BCUT2D eigenvalue weighted by atomic mass is 10.2. The summed E-state index contributed by atoms with van der Waals surface area (Å²) in [4.78, 5) is 17.2. The van der Waals surface area contributed by atoms with Crippen LogP contribution in [0.4, 0.5) is 5.69 Å². The van der Waals surface area contributed by atoms with Crippen LogP contribution >= 0.6 is 15.9 Å². The molecule has 28 heavy (non-hydrogen) atoms. The highest BCUT2D eigenvalue weighted by atomic mass is 79.9. The number of nitrogens with one attached hydrogen (secondary N) is 1. The Morgan fingerprint density at radius 3 is 2.43 bits per heavy atom. The first kappa shape index (κ1) is 18.1. The van der Waals surface area contributed by atoms with Crippen LogP contribution < -0.4 is 5.32 Å². The van der Waals surface area contributed by atoms with Gasteiger partial charge in [-0.15, -0.1) is 5.10 Å². The van der Waals surface area contributed by atoms with Crippen molar-refractivity contribution in [2.24, 2.45) is 0 Å². The molecule has 4 aromatic rings. The second kappa shape index (κ2) is 7.78. The minimum Gasteiger partial charge on any atom is -0.319 e. The van der Waals surface area contributed by atoms with Crippen LogP contribution in [-0.4, -0.2) is 20.7 Å². The summed E-state index contributed by atoms with van der Waals surface area (Å²) in [5.41, 5.74) is 3.52. The number of anilines is 1. The quantitative estimate of drug-likeness (QED) is 0.478. The molecule has 138 valence electrons. The zero-order chi connectivity index (χ0) is 19.5. The van der Waals surface area contributed by atoms with E-state index in [-0.39, 0.29) is 11.7 Å². The van der Waals surface area contributed by atoms with Crippen LogP contribution in [0.1, 0.15) is 16.2 Å². The molecule has 0 aliphatic heterocycles. The molecule has 0 aliphatic rings. The van der Waals surface area contributed by atoms with Gasteiger partial charge in [-0.05, 0) is 48.9 Å². The Labute approximate surface area is 171 Å². The molecule has 1 aromatic heterocycles. The predicted molar refractivity (Wildman–Crippen MR) is 114 cm³/mol. The fourth-order valence-corrected chi connectivity index (χ4v) is 3.11. The smallest absolute Gasteiger partial charge is 0.295 e. The van der Waals surface area contributed by atoms with Gasteiger partial charge >= 0.3 is 0 Å². The van der Waals surface area contributed by atoms with E-state index in [9.17, 15) is 4.79 Å². The van der Waals surface area contributed by atoms with Crippen molar-refractivity contribution in [2.45, 2.75) is 6.92 Å². The number of para-hydroxylation sites is 1. The van der Waals surface area contributed by atoms with Crippen molar-refractivity contribution in [3.8, 4) is 17.1 Å². The van der Waals surface area contributed by atoms with E-state index >= 15 is 0 Å². The van der Waals surface area contributed by atoms with Crippen LogP contribution in [0.2, 0.25) is 0 Å². The van der Waals surface area contributed by atoms with E-state index < -0.39 is 0 Å². The van der Waals surface area contributed by atoms with E-state index in [1.165, 1.54) is 0 Å². The third kappa shape index (κ3) is 3.87. The summed E-state index contributed by atoms with van der Waals surface area (Å²) < 4.78 is 2.68. The zero-order valence-corrected chi connectivity index (χ0v) is 16.7. The van der Waals surface area contributed by atoms with Crippen LogP contribution in [0.5, 0.6) is 0 Å². The number of carbonyl (C=O) groups excluding carboxylic acids is 1. The first-order valence-corrected chi connectivity index (χ1v) is 9.56. The first-order valence-electron chi connectivity index (χ1n) is 8.76. The highest BCUT2D eigenvalue weighted by molar-refractivity contribution is 9.10. The summed E-state index contributed by atoms with van der Waals surface area (Å²) in [7, 11) is 0. The van der Waals surface area contributed by atoms with Crippen molar-refractivity contribution in [3.05, 3.63) is 94.7 Å². The van der Waals surface area contributed by atoms with Gasteiger partial charge in [0.15, 0.2) is 5.82 Å². The van der Waals surface area contributed by atoms with Crippen molar-refractivity contribution in [1.82, 2.24) is 14.8 Å². The molecule has 0 unspecified atom stereocenters. The van der Waals surface area contributed by atoms with E-state index in [0.29, 0.717) is 11.5 Å². The Bertz CT molecular complexity index is 1120. The molecule has 1 N–H and O–H groups in total. The fraction of sp³-hybridized carbons (Fsp3) is 0.0455. The number of rotatable bonds is 4. The van der Waals surface area contributed by atoms with Crippen molar-refractivity contribution < 1.29 is 4.79 Å². The van der Waals surface area contributed by atoms with Gasteiger partial charge in [0, 0.05) is 15.7 Å². The largest absolute Gasteiger partial charge is 0.319 e. The Kier molecular flexibility index (Phi) is 5.04. The van der Waals surface area contributed by atoms with E-state index in [2.05, 4.69) is 31.3 Å². The molecule has 6 heteroatoms. The molecule has 0 radical (unpaired) electrons. The summed E-state index contributed by atoms with van der Waals surface area (Å²) in [6.07, 6.45) is 0. The van der Waals surface area contributed by atoms with Gasteiger partial charge in [0.2, 0.25) is 5.82 Å². The van der Waals surface area contributed by atoms with Crippen LogP contribution in [0.15, 0.2) is 83.3 Å². The van der Waals surface area contributed by atoms with Gasteiger partial charge < -0.3 is 5.32 Å². The number of nitrogens with zero attached hydrogens (tertiary/aromatic N) is 3. The molecule has 0 bridgehead atoms. The minimum absolute atomic E-state index is 0.114. The van der Waals surface area contributed by atoms with Crippen LogP contribution in [0.25, 0.3) is 17.1 Å². The number of hydrogen-bond donors (Lipinski definition) is 1. The number of hydrogen-bond acceptors (Lipinski definition) is 3. The van der Waals surface area contributed by atoms with Gasteiger partial charge in [-0.3, -0.25) is 4.79 Å². The highest BCUT2D eigenvalue weighted by Crippen LogP contribution is 2.24. The number of benzene rings is 3. The lowest BCUT2D eigenvalue weighted by molar-refractivity contribution is 0.101. The summed E-state index contributed by atoms with van der Waals surface area (Å²) >= 11 is 3.45. The van der Waals surface area contributed by atoms with Crippen molar-refractivity contribution in [3.63, 3.8) is 0 Å². The lowest BCUT2D eigenvalue weighted by Gasteiger charge is -2.07. The average Bonchev–Trinajstić information content (AvgIpc) is 3.15. The SMILES string of the molecule is Cc1cccc(-n2nc(C(=O)Nc3ccccc3)nc2-c2ccc(Br)cc2)c1. The highest BCUT2D eigenvalue weighted by Gasteiger charge is 2.19. The van der Waals surface area contributed by atoms with Gasteiger partial charge in [0.25, 0.3) is 5.91 Å². The summed E-state index contributed by atoms with van der Waals surface area (Å²) in [6.45, 7) is 2.02. The molecule has 0 spiro atoms. The predicted octanol–water partition coefficient (Wildman–Crippen LogP) is 5.26. The van der Waals surface area contributed by atoms with E-state index in [1.54, 1.807) is 4.68 Å². The fourth-order valence-electron chi connectivity index (χ4n) is 2.84. The van der Waals surface area contributed by atoms with Gasteiger partial charge in [-0.2, -0.15) is 0 Å². The van der Waals surface area contributed by atoms with E-state index in [4.69, 9.17) is 0 Å². The van der Waals surface area contributed by atoms with Crippen molar-refractivity contribution in [2.75, 3.05) is 5.32 Å². The molecule has 3 aromatic carbocycles. The van der Waals surface area contributed by atoms with Crippen LogP contribution in [0.3, 0.4) is 0 Å². The van der Waals surface area contributed by atoms with E-state index in [0.717, 1.165) is 21.3 Å². The molecule has 0 saturated carbocycles. The van der Waals surface area contributed by atoms with Gasteiger partial charge in [-0.1, -0.05) is 58.4 Å². The molecule has 0 saturated heterocycles. The van der Waals surface area contributed by atoms with E-state index in [1.807, 2.05) is 85.8 Å². The molecule has 1 heterocycles. The Morgan fingerprint density at radius 2 is 1.71 bits per heavy atom. The Balaban J connectivity index is 1.77. The molecule has 0 atom stereocenters. The maximum absolute atomic E-state index is 12.7. The Morgan fingerprint density at radius 1 is 0.964 bits per heavy atom. The normalized spacial score (nSPS) is 10.6. The monoisotopic (exact) mass is 432 g/mol. The summed E-state index contributed by atoms with van der Waals surface area (Å²) in [5, 5.41) is 7.34. The second-order valence-corrected chi connectivity index (χ2v) is 7.25. The molecule has 0 aliphatic carbocycles. The number of aryl methyl sites for hydroxylation is 1. The minimum atomic E-state index is -0.351. The van der Waals surface area contributed by atoms with Crippen LogP contribution in [-0.2, 0) is 0 Å². The zero-order valence-electron chi connectivity index (χ0n) is 15.1. The number of amides is 1. The average molecular weight is 433 g/mol. The molecule has 5 nitrogen and oxygen atoms in total. The second-order valence-electron chi connectivity index (χ2n) is 6.34. The molecular weight excluding hydrogens is 416 g/mol. The van der Waals surface area contributed by atoms with Gasteiger partial charge in [0.05, 0.1) is 5.69 Å². The van der Waals surface area contributed by atoms with Crippen molar-refractivity contribution in [1.29, 1.82) is 0 Å². The lowest BCUT2D eigenvalue weighted by Crippen LogP contribution is -2.14. The first-order chi connectivity index (χ1) is 13.6. The van der Waals surface area contributed by atoms with Gasteiger partial charge in [-0.25, -0.2) is 9.67 Å². The summed E-state index contributed by atoms with van der Waals surface area (Å²) in [5.74, 6) is 0.371.